The number of carboxylic acids is 1. The molecule has 0 aromatic heterocycles. The van der Waals surface area contributed by atoms with Crippen molar-refractivity contribution in [2.24, 2.45) is 5.41 Å². The summed E-state index contributed by atoms with van der Waals surface area (Å²) in [5, 5.41) is 8.80. The number of ether oxygens (including phenoxy) is 1. The maximum absolute atomic E-state index is 12.8. The Morgan fingerprint density at radius 1 is 1.56 bits per heavy atom. The first kappa shape index (κ1) is 12.8. The zero-order valence-corrected chi connectivity index (χ0v) is 9.71. The van der Waals surface area contributed by atoms with Gasteiger partial charge in [0.2, 0.25) is 0 Å². The van der Waals surface area contributed by atoms with Gasteiger partial charge in [0, 0.05) is 6.07 Å². The van der Waals surface area contributed by atoms with Crippen LogP contribution in [0.4, 0.5) is 4.39 Å². The Morgan fingerprint density at radius 3 is 2.69 bits per heavy atom. The second-order valence-electron chi connectivity index (χ2n) is 4.05. The van der Waals surface area contributed by atoms with Gasteiger partial charge in [0.15, 0.2) is 0 Å². The highest BCUT2D eigenvalue weighted by molar-refractivity contribution is 6.30. The minimum Gasteiger partial charge on any atom is -0.492 e. The molecule has 0 spiro atoms. The van der Waals surface area contributed by atoms with Crippen LogP contribution < -0.4 is 4.74 Å². The molecule has 0 amide bonds. The van der Waals surface area contributed by atoms with E-state index >= 15 is 0 Å². The first-order valence-electron chi connectivity index (χ1n) is 4.64. The standard InChI is InChI=1S/C11H12ClFO3/c1-11(2,10(14)15)6-16-7-3-4-9(13)8(12)5-7/h3-5H,6H2,1-2H3,(H,14,15). The predicted octanol–water partition coefficient (Wildman–Crippen LogP) is 2.97. The predicted molar refractivity (Wildman–Crippen MR) is 58.3 cm³/mol. The summed E-state index contributed by atoms with van der Waals surface area (Å²) in [5.41, 5.74) is -0.999. The number of hydrogen-bond acceptors (Lipinski definition) is 2. The normalized spacial score (nSPS) is 11.2. The van der Waals surface area contributed by atoms with Crippen molar-refractivity contribution in [3.8, 4) is 5.75 Å². The van der Waals surface area contributed by atoms with Crippen LogP contribution in [0.2, 0.25) is 5.02 Å². The molecule has 1 N–H and O–H groups in total. The van der Waals surface area contributed by atoms with Crippen molar-refractivity contribution >= 4 is 17.6 Å². The summed E-state index contributed by atoms with van der Waals surface area (Å²) >= 11 is 5.56. The molecule has 0 bridgehead atoms. The number of carbonyl (C=O) groups is 1. The highest BCUT2D eigenvalue weighted by Gasteiger charge is 2.28. The molecule has 0 fully saturated rings. The van der Waals surface area contributed by atoms with Gasteiger partial charge in [-0.2, -0.15) is 0 Å². The summed E-state index contributed by atoms with van der Waals surface area (Å²) in [7, 11) is 0. The Bertz CT molecular complexity index is 404. The fourth-order valence-electron chi connectivity index (χ4n) is 0.892. The Labute approximate surface area is 97.8 Å². The quantitative estimate of drug-likeness (QED) is 0.888. The smallest absolute Gasteiger partial charge is 0.312 e. The molecular weight excluding hydrogens is 235 g/mol. The number of aliphatic carboxylic acids is 1. The number of halogens is 2. The molecule has 1 rings (SSSR count). The van der Waals surface area contributed by atoms with Crippen molar-refractivity contribution < 1.29 is 19.0 Å². The minimum atomic E-state index is -0.999. The zero-order chi connectivity index (χ0) is 12.3. The Balaban J connectivity index is 2.68. The van der Waals surface area contributed by atoms with Gasteiger partial charge in [-0.25, -0.2) is 4.39 Å². The molecule has 0 aliphatic rings. The van der Waals surface area contributed by atoms with Crippen LogP contribution in [0, 0.1) is 11.2 Å². The van der Waals surface area contributed by atoms with E-state index in [9.17, 15) is 9.18 Å². The van der Waals surface area contributed by atoms with Gasteiger partial charge in [0.05, 0.1) is 10.4 Å². The van der Waals surface area contributed by atoms with Crippen molar-refractivity contribution in [2.75, 3.05) is 6.61 Å². The summed E-state index contributed by atoms with van der Waals surface area (Å²) in [6.07, 6.45) is 0. The van der Waals surface area contributed by atoms with Crippen LogP contribution in [0.5, 0.6) is 5.75 Å². The molecule has 1 aromatic carbocycles. The molecule has 0 atom stereocenters. The van der Waals surface area contributed by atoms with E-state index in [4.69, 9.17) is 21.4 Å². The summed E-state index contributed by atoms with van der Waals surface area (Å²) in [6, 6.07) is 3.89. The van der Waals surface area contributed by atoms with Crippen molar-refractivity contribution in [1.29, 1.82) is 0 Å². The Kier molecular flexibility index (Phi) is 3.75. The number of benzene rings is 1. The molecule has 3 nitrogen and oxygen atoms in total. The van der Waals surface area contributed by atoms with Gasteiger partial charge in [0.25, 0.3) is 0 Å². The van der Waals surface area contributed by atoms with E-state index in [0.717, 1.165) is 0 Å². The average molecular weight is 247 g/mol. The van der Waals surface area contributed by atoms with Crippen molar-refractivity contribution in [2.45, 2.75) is 13.8 Å². The number of rotatable bonds is 4. The number of carboxylic acid groups (broad SMARTS) is 1. The maximum Gasteiger partial charge on any atom is 0.312 e. The highest BCUT2D eigenvalue weighted by atomic mass is 35.5. The summed E-state index contributed by atoms with van der Waals surface area (Å²) < 4.78 is 18.1. The first-order chi connectivity index (χ1) is 7.33. The molecule has 0 aliphatic heterocycles. The minimum absolute atomic E-state index is 0.00963. The van der Waals surface area contributed by atoms with Crippen molar-refractivity contribution in [3.63, 3.8) is 0 Å². The zero-order valence-electron chi connectivity index (χ0n) is 8.96. The molecule has 0 unspecified atom stereocenters. The van der Waals surface area contributed by atoms with Gasteiger partial charge < -0.3 is 9.84 Å². The fourth-order valence-corrected chi connectivity index (χ4v) is 1.06. The summed E-state index contributed by atoms with van der Waals surface area (Å²) in [6.45, 7) is 3.07. The lowest BCUT2D eigenvalue weighted by atomic mass is 9.95. The lowest BCUT2D eigenvalue weighted by Crippen LogP contribution is -2.30. The Hall–Kier alpha value is -1.29. The topological polar surface area (TPSA) is 46.5 Å². The van der Waals surface area contributed by atoms with E-state index in [1.54, 1.807) is 13.8 Å². The third-order valence-corrected chi connectivity index (χ3v) is 2.36. The van der Waals surface area contributed by atoms with E-state index in [2.05, 4.69) is 0 Å². The molecule has 0 radical (unpaired) electrons. The van der Waals surface area contributed by atoms with Gasteiger partial charge in [0.1, 0.15) is 18.2 Å². The van der Waals surface area contributed by atoms with Gasteiger partial charge >= 0.3 is 5.97 Å². The molecule has 16 heavy (non-hydrogen) atoms. The van der Waals surface area contributed by atoms with E-state index in [1.165, 1.54) is 18.2 Å². The maximum atomic E-state index is 12.8. The van der Waals surface area contributed by atoms with Crippen LogP contribution in [0.3, 0.4) is 0 Å². The van der Waals surface area contributed by atoms with Crippen LogP contribution in [0.1, 0.15) is 13.8 Å². The second-order valence-corrected chi connectivity index (χ2v) is 4.46. The van der Waals surface area contributed by atoms with Crippen LogP contribution in [-0.4, -0.2) is 17.7 Å². The van der Waals surface area contributed by atoms with E-state index in [1.807, 2.05) is 0 Å². The highest BCUT2D eigenvalue weighted by Crippen LogP contribution is 2.23. The third-order valence-electron chi connectivity index (χ3n) is 2.07. The molecule has 0 aliphatic carbocycles. The molecule has 0 saturated heterocycles. The molecule has 1 aromatic rings. The summed E-state index contributed by atoms with van der Waals surface area (Å²) in [4.78, 5) is 10.8. The lowest BCUT2D eigenvalue weighted by Gasteiger charge is -2.19. The fraction of sp³-hybridized carbons (Fsp3) is 0.364. The molecule has 5 heteroatoms. The lowest BCUT2D eigenvalue weighted by molar-refractivity contribution is -0.148. The summed E-state index contributed by atoms with van der Waals surface area (Å²) in [5.74, 6) is -1.15. The van der Waals surface area contributed by atoms with Crippen LogP contribution in [0.15, 0.2) is 18.2 Å². The van der Waals surface area contributed by atoms with E-state index in [0.29, 0.717) is 5.75 Å². The van der Waals surface area contributed by atoms with Gasteiger partial charge in [-0.3, -0.25) is 4.79 Å². The SMILES string of the molecule is CC(C)(COc1ccc(F)c(Cl)c1)C(=O)O. The molecular formula is C11H12ClFO3. The Morgan fingerprint density at radius 2 is 2.19 bits per heavy atom. The first-order valence-corrected chi connectivity index (χ1v) is 5.02. The van der Waals surface area contributed by atoms with Crippen LogP contribution >= 0.6 is 11.6 Å². The van der Waals surface area contributed by atoms with Gasteiger partial charge in [-0.15, -0.1) is 0 Å². The van der Waals surface area contributed by atoms with Gasteiger partial charge in [-0.05, 0) is 26.0 Å². The molecule has 0 saturated carbocycles. The van der Waals surface area contributed by atoms with Gasteiger partial charge in [-0.1, -0.05) is 11.6 Å². The van der Waals surface area contributed by atoms with Crippen LogP contribution in [-0.2, 0) is 4.79 Å². The van der Waals surface area contributed by atoms with Crippen LogP contribution in [0.25, 0.3) is 0 Å². The van der Waals surface area contributed by atoms with Crippen molar-refractivity contribution in [1.82, 2.24) is 0 Å². The second kappa shape index (κ2) is 4.70. The largest absolute Gasteiger partial charge is 0.492 e. The third kappa shape index (κ3) is 3.10. The van der Waals surface area contributed by atoms with E-state index in [-0.39, 0.29) is 11.6 Å². The van der Waals surface area contributed by atoms with Crippen molar-refractivity contribution in [3.05, 3.63) is 29.0 Å². The average Bonchev–Trinajstić information content (AvgIpc) is 2.20. The monoisotopic (exact) mass is 246 g/mol. The number of hydrogen-bond donors (Lipinski definition) is 1. The molecule has 0 heterocycles. The molecule has 88 valence electrons. The van der Waals surface area contributed by atoms with E-state index < -0.39 is 17.2 Å².